The van der Waals surface area contributed by atoms with Gasteiger partial charge < -0.3 is 68.9 Å². The summed E-state index contributed by atoms with van der Waals surface area (Å²) in [6, 6.07) is 9.16. The van der Waals surface area contributed by atoms with Gasteiger partial charge in [-0.25, -0.2) is 4.79 Å². The molecule has 0 aliphatic carbocycles. The second-order valence-corrected chi connectivity index (χ2v) is 10.8. The normalized spacial score (nSPS) is 31.5. The Morgan fingerprint density at radius 3 is 2.26 bits per heavy atom. The van der Waals surface area contributed by atoms with Gasteiger partial charge in [-0.2, -0.15) is 0 Å². The molecule has 0 saturated carbocycles. The van der Waals surface area contributed by atoms with Crippen LogP contribution in [0.5, 0.6) is 23.0 Å². The van der Waals surface area contributed by atoms with E-state index in [1.165, 1.54) is 51.5 Å². The summed E-state index contributed by atoms with van der Waals surface area (Å²) in [4.78, 5) is 12.9. The quantitative estimate of drug-likeness (QED) is 0.114. The first-order valence-corrected chi connectivity index (χ1v) is 14.5. The first-order valence-electron chi connectivity index (χ1n) is 14.5. The third-order valence-electron chi connectivity index (χ3n) is 7.68. The number of phenols is 2. The van der Waals surface area contributed by atoms with Crippen LogP contribution in [-0.4, -0.2) is 131 Å². The fourth-order valence-electron chi connectivity index (χ4n) is 5.08. The van der Waals surface area contributed by atoms with Gasteiger partial charge in [-0.3, -0.25) is 0 Å². The Morgan fingerprint density at radius 2 is 1.59 bits per heavy atom. The average molecular weight is 653 g/mol. The number of aliphatic hydroxyl groups is 5. The molecule has 2 heterocycles. The zero-order valence-corrected chi connectivity index (χ0v) is 25.4. The Balaban J connectivity index is 1.52. The van der Waals surface area contributed by atoms with Crippen molar-refractivity contribution in [1.29, 1.82) is 0 Å². The highest BCUT2D eigenvalue weighted by Crippen LogP contribution is 2.32. The van der Waals surface area contributed by atoms with E-state index >= 15 is 0 Å². The third-order valence-corrected chi connectivity index (χ3v) is 7.68. The summed E-state index contributed by atoms with van der Waals surface area (Å²) in [7, 11) is 2.79. The summed E-state index contributed by atoms with van der Waals surface area (Å²) in [5.74, 6) is -0.625. The molecule has 2 fully saturated rings. The maximum absolute atomic E-state index is 12.9. The zero-order chi connectivity index (χ0) is 33.5. The summed E-state index contributed by atoms with van der Waals surface area (Å²) in [5, 5.41) is 72.3. The topological polar surface area (TPSA) is 223 Å². The minimum atomic E-state index is -1.75. The summed E-state index contributed by atoms with van der Waals surface area (Å²) >= 11 is 0. The van der Waals surface area contributed by atoms with Crippen molar-refractivity contribution in [3.05, 3.63) is 53.6 Å². The van der Waals surface area contributed by atoms with Crippen LogP contribution in [0.25, 0.3) is 6.08 Å². The van der Waals surface area contributed by atoms with Crippen LogP contribution in [0.15, 0.2) is 42.5 Å². The van der Waals surface area contributed by atoms with Crippen molar-refractivity contribution in [2.75, 3.05) is 27.4 Å². The van der Waals surface area contributed by atoms with Gasteiger partial charge >= 0.3 is 5.97 Å². The molecule has 0 amide bonds. The molecule has 10 atom stereocenters. The predicted molar refractivity (Wildman–Crippen MR) is 157 cm³/mol. The average Bonchev–Trinajstić information content (AvgIpc) is 3.04. The fourth-order valence-corrected chi connectivity index (χ4v) is 5.08. The maximum atomic E-state index is 12.9. The number of aliphatic hydroxyl groups excluding tert-OH is 5. The molecule has 0 radical (unpaired) electrons. The maximum Gasteiger partial charge on any atom is 0.331 e. The van der Waals surface area contributed by atoms with Gasteiger partial charge in [0.1, 0.15) is 36.6 Å². The molecule has 254 valence electrons. The highest BCUT2D eigenvalue weighted by Gasteiger charge is 2.52. The molecule has 2 aromatic carbocycles. The van der Waals surface area contributed by atoms with E-state index in [4.69, 9.17) is 33.2 Å². The minimum absolute atomic E-state index is 0.0217. The van der Waals surface area contributed by atoms with Gasteiger partial charge in [-0.1, -0.05) is 12.1 Å². The molecule has 15 heteroatoms. The summed E-state index contributed by atoms with van der Waals surface area (Å²) in [5.41, 5.74) is 1.16. The number of hydrogen-bond acceptors (Lipinski definition) is 15. The molecule has 0 bridgehead atoms. The number of ether oxygens (including phenoxy) is 7. The summed E-state index contributed by atoms with van der Waals surface area (Å²) < 4.78 is 38.6. The van der Waals surface area contributed by atoms with Crippen molar-refractivity contribution in [2.24, 2.45) is 0 Å². The second kappa shape index (κ2) is 15.9. The van der Waals surface area contributed by atoms with Gasteiger partial charge in [0.05, 0.1) is 33.5 Å². The van der Waals surface area contributed by atoms with Crippen LogP contribution in [0.4, 0.5) is 0 Å². The number of aromatic hydroxyl groups is 2. The smallest absolute Gasteiger partial charge is 0.331 e. The van der Waals surface area contributed by atoms with Crippen molar-refractivity contribution in [3.63, 3.8) is 0 Å². The SMILES string of the molecule is COc1ccc(CCOC2O[C@H](CO)[C@@H](OC(=O)/C=C/c3ccc(O)c(OC)c3)[C@H](OC3O[C@@H](C)[C@H](O)[C@@H](O)[C@H]3O)[C@H]2O)cc1O. The van der Waals surface area contributed by atoms with E-state index in [1.54, 1.807) is 12.1 Å². The number of methoxy groups -OCH3 is 2. The number of benzene rings is 2. The zero-order valence-electron chi connectivity index (χ0n) is 25.4. The standard InChI is InChI=1S/C31H40O15/c1-15-24(36)25(37)26(38)31(43-15)46-29-27(39)30(42-11-10-17-5-8-20(40-2)19(34)12-17)44-22(14-32)28(29)45-23(35)9-6-16-4-7-18(33)21(13-16)41-3/h4-9,12-13,15,22,24-34,36-39H,10-11,14H2,1-3H3/b9-6+/t15-,22+,24-,25+,26+,27+,28+,29+,30?,31?/m0/s1. The highest BCUT2D eigenvalue weighted by atomic mass is 16.7. The number of esters is 1. The van der Waals surface area contributed by atoms with Crippen molar-refractivity contribution >= 4 is 12.0 Å². The first-order chi connectivity index (χ1) is 22.0. The lowest BCUT2D eigenvalue weighted by Crippen LogP contribution is -2.65. The first kappa shape index (κ1) is 35.3. The number of phenolic OH excluding ortho intramolecular Hbond substituents is 2. The molecule has 2 unspecified atom stereocenters. The molecule has 4 rings (SSSR count). The van der Waals surface area contributed by atoms with E-state index in [1.807, 2.05) is 0 Å². The van der Waals surface area contributed by atoms with E-state index in [0.29, 0.717) is 16.9 Å². The Labute approximate surface area is 264 Å². The third kappa shape index (κ3) is 8.25. The lowest BCUT2D eigenvalue weighted by Gasteiger charge is -2.46. The van der Waals surface area contributed by atoms with Gasteiger partial charge in [0.15, 0.2) is 41.7 Å². The summed E-state index contributed by atoms with van der Waals surface area (Å²) in [6.45, 7) is 0.712. The fraction of sp³-hybridized carbons (Fsp3) is 0.516. The van der Waals surface area contributed by atoms with E-state index in [-0.39, 0.29) is 30.3 Å². The number of carbonyl (C=O) groups is 1. The highest BCUT2D eigenvalue weighted by molar-refractivity contribution is 5.87. The molecule has 15 nitrogen and oxygen atoms in total. The van der Waals surface area contributed by atoms with Crippen molar-refractivity contribution in [2.45, 2.75) is 74.8 Å². The Morgan fingerprint density at radius 1 is 0.848 bits per heavy atom. The van der Waals surface area contributed by atoms with E-state index in [2.05, 4.69) is 0 Å². The number of rotatable bonds is 12. The molecular formula is C31H40O15. The largest absolute Gasteiger partial charge is 0.504 e. The van der Waals surface area contributed by atoms with E-state index < -0.39 is 74.0 Å². The molecule has 46 heavy (non-hydrogen) atoms. The van der Waals surface area contributed by atoms with Crippen LogP contribution in [0.2, 0.25) is 0 Å². The van der Waals surface area contributed by atoms with Gasteiger partial charge in [-0.15, -0.1) is 0 Å². The Kier molecular flexibility index (Phi) is 12.2. The van der Waals surface area contributed by atoms with Gasteiger partial charge in [-0.05, 0) is 54.8 Å². The van der Waals surface area contributed by atoms with Gasteiger partial charge in [0, 0.05) is 6.08 Å². The molecular weight excluding hydrogens is 612 g/mol. The van der Waals surface area contributed by atoms with Crippen LogP contribution in [0.3, 0.4) is 0 Å². The van der Waals surface area contributed by atoms with Crippen molar-refractivity contribution in [3.8, 4) is 23.0 Å². The van der Waals surface area contributed by atoms with Gasteiger partial charge in [0.2, 0.25) is 0 Å². The van der Waals surface area contributed by atoms with Crippen LogP contribution in [0.1, 0.15) is 18.1 Å². The molecule has 0 aromatic heterocycles. The van der Waals surface area contributed by atoms with Crippen LogP contribution >= 0.6 is 0 Å². The lowest BCUT2D eigenvalue weighted by atomic mass is 9.97. The van der Waals surface area contributed by atoms with E-state index in [0.717, 1.165) is 6.08 Å². The van der Waals surface area contributed by atoms with Gasteiger partial charge in [0.25, 0.3) is 0 Å². The summed E-state index contributed by atoms with van der Waals surface area (Å²) in [6.07, 6.45) is -12.1. The van der Waals surface area contributed by atoms with Crippen LogP contribution in [0, 0.1) is 0 Å². The molecule has 0 spiro atoms. The predicted octanol–water partition coefficient (Wildman–Crippen LogP) is -0.410. The van der Waals surface area contributed by atoms with Crippen LogP contribution in [-0.2, 0) is 34.9 Å². The molecule has 2 aromatic rings. The number of carbonyl (C=O) groups excluding carboxylic acids is 1. The molecule has 2 aliphatic rings. The van der Waals surface area contributed by atoms with Crippen LogP contribution < -0.4 is 9.47 Å². The minimum Gasteiger partial charge on any atom is -0.504 e. The van der Waals surface area contributed by atoms with Crippen molar-refractivity contribution in [1.82, 2.24) is 0 Å². The Hall–Kier alpha value is -3.51. The molecule has 7 N–H and O–H groups in total. The van der Waals surface area contributed by atoms with Crippen molar-refractivity contribution < 1.29 is 73.7 Å². The lowest BCUT2D eigenvalue weighted by molar-refractivity contribution is -0.357. The number of hydrogen-bond donors (Lipinski definition) is 7. The molecule has 2 aliphatic heterocycles. The Bertz CT molecular complexity index is 1340. The monoisotopic (exact) mass is 652 g/mol. The van der Waals surface area contributed by atoms with E-state index in [9.17, 15) is 40.5 Å². The molecule has 2 saturated heterocycles. The second-order valence-electron chi connectivity index (χ2n) is 10.8.